The number of hydrogen-bond donors (Lipinski definition) is 1. The van der Waals surface area contributed by atoms with Gasteiger partial charge < -0.3 is 9.73 Å². The lowest BCUT2D eigenvalue weighted by Crippen LogP contribution is -2.33. The number of rotatable bonds is 5. The fourth-order valence-corrected chi connectivity index (χ4v) is 2.91. The minimum Gasteiger partial charge on any atom is -0.468 e. The van der Waals surface area contributed by atoms with Gasteiger partial charge in [0.1, 0.15) is 5.76 Å². The molecule has 3 heteroatoms. The molecule has 0 saturated carbocycles. The average molecular weight is 250 g/mol. The normalized spacial score (nSPS) is 22.0. The first kappa shape index (κ1) is 13.6. The van der Waals surface area contributed by atoms with Gasteiger partial charge in [0.25, 0.3) is 0 Å². The molecule has 0 spiro atoms. The molecule has 1 unspecified atom stereocenters. The Morgan fingerprint density at radius 3 is 3.06 bits per heavy atom. The van der Waals surface area contributed by atoms with Gasteiger partial charge in [0.2, 0.25) is 0 Å². The van der Waals surface area contributed by atoms with Crippen molar-refractivity contribution in [2.24, 2.45) is 0 Å². The summed E-state index contributed by atoms with van der Waals surface area (Å²) in [6, 6.07) is 2.93. The summed E-state index contributed by atoms with van der Waals surface area (Å²) in [7, 11) is 1.97. The Labute approximate surface area is 111 Å². The van der Waals surface area contributed by atoms with E-state index in [4.69, 9.17) is 4.42 Å². The molecule has 3 nitrogen and oxygen atoms in total. The lowest BCUT2D eigenvalue weighted by Gasteiger charge is -2.28. The number of nitrogens with one attached hydrogen (secondary N) is 1. The highest BCUT2D eigenvalue weighted by atomic mass is 16.3. The maximum atomic E-state index is 5.67. The summed E-state index contributed by atoms with van der Waals surface area (Å²) >= 11 is 0. The molecule has 0 aromatic carbocycles. The average Bonchev–Trinajstić information content (AvgIpc) is 2.69. The van der Waals surface area contributed by atoms with Gasteiger partial charge in [0, 0.05) is 18.2 Å². The van der Waals surface area contributed by atoms with E-state index >= 15 is 0 Å². The molecule has 1 N–H and O–H groups in total. The van der Waals surface area contributed by atoms with Crippen LogP contribution in [0.15, 0.2) is 16.7 Å². The van der Waals surface area contributed by atoms with Crippen molar-refractivity contribution < 1.29 is 4.42 Å². The molecule has 0 amide bonds. The lowest BCUT2D eigenvalue weighted by atomic mass is 10.1. The highest BCUT2D eigenvalue weighted by Gasteiger charge is 2.20. The minimum absolute atomic E-state index is 0.741. The monoisotopic (exact) mass is 250 g/mol. The lowest BCUT2D eigenvalue weighted by molar-refractivity contribution is 0.172. The molecule has 1 fully saturated rings. The van der Waals surface area contributed by atoms with Gasteiger partial charge in [0.05, 0.1) is 12.8 Å². The molecular formula is C15H26N2O. The van der Waals surface area contributed by atoms with Gasteiger partial charge in [-0.25, -0.2) is 0 Å². The molecule has 1 saturated heterocycles. The summed E-state index contributed by atoms with van der Waals surface area (Å²) in [6.07, 6.45) is 8.59. The Bertz CT molecular complexity index is 348. The van der Waals surface area contributed by atoms with E-state index in [-0.39, 0.29) is 0 Å². The van der Waals surface area contributed by atoms with E-state index in [2.05, 4.69) is 23.2 Å². The minimum atomic E-state index is 0.741. The molecule has 2 heterocycles. The number of hydrogen-bond acceptors (Lipinski definition) is 3. The Hall–Kier alpha value is -0.800. The summed E-state index contributed by atoms with van der Waals surface area (Å²) in [5.41, 5.74) is 1.25. The molecule has 2 rings (SSSR count). The third-order valence-electron chi connectivity index (χ3n) is 3.92. The van der Waals surface area contributed by atoms with E-state index in [0.717, 1.165) is 24.9 Å². The second kappa shape index (κ2) is 6.95. The van der Waals surface area contributed by atoms with Crippen LogP contribution in [-0.2, 0) is 13.1 Å². The molecule has 18 heavy (non-hydrogen) atoms. The molecule has 1 atom stereocenters. The van der Waals surface area contributed by atoms with Gasteiger partial charge in [-0.2, -0.15) is 0 Å². The van der Waals surface area contributed by atoms with Crippen molar-refractivity contribution in [1.82, 2.24) is 10.2 Å². The topological polar surface area (TPSA) is 28.4 Å². The van der Waals surface area contributed by atoms with Crippen LogP contribution in [0.5, 0.6) is 0 Å². The second-order valence-electron chi connectivity index (χ2n) is 5.33. The number of likely N-dealkylation sites (tertiary alicyclic amines) is 1. The van der Waals surface area contributed by atoms with E-state index in [1.54, 1.807) is 0 Å². The molecule has 0 aliphatic carbocycles. The van der Waals surface area contributed by atoms with E-state index in [0.29, 0.717) is 0 Å². The molecule has 1 aliphatic heterocycles. The summed E-state index contributed by atoms with van der Waals surface area (Å²) in [5, 5.41) is 3.16. The van der Waals surface area contributed by atoms with Gasteiger partial charge in [-0.15, -0.1) is 0 Å². The van der Waals surface area contributed by atoms with E-state index in [1.807, 2.05) is 13.3 Å². The summed E-state index contributed by atoms with van der Waals surface area (Å²) in [6.45, 7) is 5.39. The van der Waals surface area contributed by atoms with Gasteiger partial charge in [0.15, 0.2) is 0 Å². The third kappa shape index (κ3) is 3.59. The van der Waals surface area contributed by atoms with Crippen molar-refractivity contribution >= 4 is 0 Å². The summed E-state index contributed by atoms with van der Waals surface area (Å²) in [4.78, 5) is 2.61. The first-order chi connectivity index (χ1) is 8.83. The van der Waals surface area contributed by atoms with Crippen molar-refractivity contribution in [3.63, 3.8) is 0 Å². The zero-order valence-corrected chi connectivity index (χ0v) is 11.7. The molecule has 0 radical (unpaired) electrons. The predicted octanol–water partition coefficient (Wildman–Crippen LogP) is 3.15. The zero-order chi connectivity index (χ0) is 12.8. The quantitative estimate of drug-likeness (QED) is 0.870. The molecule has 1 aromatic rings. The molecule has 102 valence electrons. The first-order valence-electron chi connectivity index (χ1n) is 7.28. The predicted molar refractivity (Wildman–Crippen MR) is 74.4 cm³/mol. The van der Waals surface area contributed by atoms with Crippen LogP contribution in [0.3, 0.4) is 0 Å². The summed E-state index contributed by atoms with van der Waals surface area (Å²) in [5.74, 6) is 1.11. The van der Waals surface area contributed by atoms with E-state index in [1.165, 1.54) is 44.2 Å². The van der Waals surface area contributed by atoms with Crippen LogP contribution in [0.2, 0.25) is 0 Å². The molecule has 1 aromatic heterocycles. The SMILES string of the molecule is CCC1CCCCCN1Cc1cc(CNC)co1. The fourth-order valence-electron chi connectivity index (χ4n) is 2.91. The van der Waals surface area contributed by atoms with Crippen molar-refractivity contribution in [2.45, 2.75) is 58.2 Å². The Morgan fingerprint density at radius 2 is 2.28 bits per heavy atom. The van der Waals surface area contributed by atoms with Crippen molar-refractivity contribution in [3.8, 4) is 0 Å². The van der Waals surface area contributed by atoms with Crippen LogP contribution in [0, 0.1) is 0 Å². The molecule has 1 aliphatic rings. The fraction of sp³-hybridized carbons (Fsp3) is 0.733. The smallest absolute Gasteiger partial charge is 0.118 e. The number of nitrogens with zero attached hydrogens (tertiary/aromatic N) is 1. The van der Waals surface area contributed by atoms with Crippen LogP contribution in [0.25, 0.3) is 0 Å². The standard InChI is InChI=1S/C15H26N2O/c1-3-14-7-5-4-6-8-17(14)11-15-9-13(10-16-2)12-18-15/h9,12,14,16H,3-8,10-11H2,1-2H3. The highest BCUT2D eigenvalue weighted by Crippen LogP contribution is 2.22. The van der Waals surface area contributed by atoms with E-state index < -0.39 is 0 Å². The van der Waals surface area contributed by atoms with Gasteiger partial charge >= 0.3 is 0 Å². The van der Waals surface area contributed by atoms with Crippen molar-refractivity contribution in [2.75, 3.05) is 13.6 Å². The zero-order valence-electron chi connectivity index (χ0n) is 11.7. The van der Waals surface area contributed by atoms with Crippen LogP contribution < -0.4 is 5.32 Å². The van der Waals surface area contributed by atoms with E-state index in [9.17, 15) is 0 Å². The van der Waals surface area contributed by atoms with Crippen LogP contribution >= 0.6 is 0 Å². The van der Waals surface area contributed by atoms with Crippen molar-refractivity contribution in [1.29, 1.82) is 0 Å². The second-order valence-corrected chi connectivity index (χ2v) is 5.33. The van der Waals surface area contributed by atoms with Gasteiger partial charge in [-0.05, 0) is 38.9 Å². The summed E-state index contributed by atoms with van der Waals surface area (Å²) < 4.78 is 5.67. The molecule has 0 bridgehead atoms. The highest BCUT2D eigenvalue weighted by molar-refractivity contribution is 5.12. The Morgan fingerprint density at radius 1 is 1.39 bits per heavy atom. The number of furan rings is 1. The van der Waals surface area contributed by atoms with Gasteiger partial charge in [-0.1, -0.05) is 19.8 Å². The Kier molecular flexibility index (Phi) is 5.26. The van der Waals surface area contributed by atoms with Gasteiger partial charge in [-0.3, -0.25) is 4.90 Å². The van der Waals surface area contributed by atoms with Crippen LogP contribution in [0.1, 0.15) is 50.4 Å². The van der Waals surface area contributed by atoms with Crippen molar-refractivity contribution in [3.05, 3.63) is 23.7 Å². The van der Waals surface area contributed by atoms with Crippen LogP contribution in [0.4, 0.5) is 0 Å². The van der Waals surface area contributed by atoms with Crippen LogP contribution in [-0.4, -0.2) is 24.5 Å². The first-order valence-corrected chi connectivity index (χ1v) is 7.28. The third-order valence-corrected chi connectivity index (χ3v) is 3.92. The Balaban J connectivity index is 1.96. The molecular weight excluding hydrogens is 224 g/mol. The maximum absolute atomic E-state index is 5.67. The largest absolute Gasteiger partial charge is 0.468 e. The maximum Gasteiger partial charge on any atom is 0.118 e.